The third kappa shape index (κ3) is 3.37. The SMILES string of the molecule is CC(=O)Sc1ccc(Cc2ccccc2O)cc1. The summed E-state index contributed by atoms with van der Waals surface area (Å²) in [5.41, 5.74) is 2.02. The number of carbonyl (C=O) groups is 1. The first kappa shape index (κ1) is 12.7. The number of hydrogen-bond donors (Lipinski definition) is 1. The Labute approximate surface area is 111 Å². The molecule has 2 aromatic rings. The van der Waals surface area contributed by atoms with Gasteiger partial charge in [-0.2, -0.15) is 0 Å². The summed E-state index contributed by atoms with van der Waals surface area (Å²) in [5, 5.41) is 9.78. The van der Waals surface area contributed by atoms with E-state index >= 15 is 0 Å². The van der Waals surface area contributed by atoms with Gasteiger partial charge in [0.1, 0.15) is 5.75 Å². The zero-order valence-corrected chi connectivity index (χ0v) is 10.9. The Morgan fingerprint density at radius 1 is 1.11 bits per heavy atom. The number of carbonyl (C=O) groups excluding carboxylic acids is 1. The largest absolute Gasteiger partial charge is 0.508 e. The lowest BCUT2D eigenvalue weighted by Crippen LogP contribution is -1.89. The van der Waals surface area contributed by atoms with Crippen molar-refractivity contribution < 1.29 is 9.90 Å². The zero-order valence-electron chi connectivity index (χ0n) is 10.1. The Hall–Kier alpha value is -1.74. The number of phenolic OH excluding ortho intramolecular Hbond substituents is 1. The van der Waals surface area contributed by atoms with E-state index in [-0.39, 0.29) is 5.12 Å². The molecule has 0 aliphatic carbocycles. The van der Waals surface area contributed by atoms with Crippen molar-refractivity contribution in [2.24, 2.45) is 0 Å². The molecular formula is C15H14O2S. The summed E-state index contributed by atoms with van der Waals surface area (Å²) >= 11 is 1.23. The van der Waals surface area contributed by atoms with Crippen molar-refractivity contribution in [2.45, 2.75) is 18.2 Å². The highest BCUT2D eigenvalue weighted by Gasteiger charge is 2.02. The van der Waals surface area contributed by atoms with Crippen LogP contribution in [-0.2, 0) is 11.2 Å². The van der Waals surface area contributed by atoms with E-state index in [0.29, 0.717) is 12.2 Å². The van der Waals surface area contributed by atoms with Crippen LogP contribution in [0.2, 0.25) is 0 Å². The number of hydrogen-bond acceptors (Lipinski definition) is 3. The standard InChI is InChI=1S/C15H14O2S/c1-11(16)18-14-8-6-12(7-9-14)10-13-4-2-3-5-15(13)17/h2-9,17H,10H2,1H3. The van der Waals surface area contributed by atoms with Gasteiger partial charge < -0.3 is 5.11 Å². The van der Waals surface area contributed by atoms with Crippen molar-refractivity contribution >= 4 is 16.9 Å². The van der Waals surface area contributed by atoms with Crippen LogP contribution in [0.1, 0.15) is 18.1 Å². The monoisotopic (exact) mass is 258 g/mol. The van der Waals surface area contributed by atoms with E-state index in [1.54, 1.807) is 13.0 Å². The molecule has 0 saturated carbocycles. The molecule has 0 heterocycles. The van der Waals surface area contributed by atoms with Gasteiger partial charge in [0.25, 0.3) is 0 Å². The molecule has 18 heavy (non-hydrogen) atoms. The number of benzene rings is 2. The van der Waals surface area contributed by atoms with Crippen LogP contribution in [0.25, 0.3) is 0 Å². The van der Waals surface area contributed by atoms with Gasteiger partial charge in [0.2, 0.25) is 0 Å². The Balaban J connectivity index is 2.11. The average molecular weight is 258 g/mol. The van der Waals surface area contributed by atoms with E-state index < -0.39 is 0 Å². The molecule has 0 amide bonds. The average Bonchev–Trinajstić information content (AvgIpc) is 2.34. The third-order valence-corrected chi connectivity index (χ3v) is 3.37. The minimum Gasteiger partial charge on any atom is -0.508 e. The summed E-state index contributed by atoms with van der Waals surface area (Å²) in [6.45, 7) is 1.56. The van der Waals surface area contributed by atoms with Crippen molar-refractivity contribution in [3.63, 3.8) is 0 Å². The Bertz CT molecular complexity index is 547. The molecule has 2 rings (SSSR count). The normalized spacial score (nSPS) is 10.3. The summed E-state index contributed by atoms with van der Waals surface area (Å²) in [4.78, 5) is 11.9. The molecule has 3 heteroatoms. The van der Waals surface area contributed by atoms with Crippen LogP contribution in [0.3, 0.4) is 0 Å². The molecule has 0 radical (unpaired) electrons. The van der Waals surface area contributed by atoms with E-state index in [9.17, 15) is 9.90 Å². The third-order valence-electron chi connectivity index (χ3n) is 2.57. The van der Waals surface area contributed by atoms with Crippen LogP contribution in [0, 0.1) is 0 Å². The molecule has 0 bridgehead atoms. The highest BCUT2D eigenvalue weighted by molar-refractivity contribution is 8.13. The predicted molar refractivity (Wildman–Crippen MR) is 73.9 cm³/mol. The number of aromatic hydroxyl groups is 1. The first-order valence-electron chi connectivity index (χ1n) is 5.69. The van der Waals surface area contributed by atoms with Gasteiger partial charge in [-0.15, -0.1) is 0 Å². The molecule has 2 aromatic carbocycles. The first-order chi connectivity index (χ1) is 8.65. The number of phenols is 1. The lowest BCUT2D eigenvalue weighted by molar-refractivity contribution is -0.109. The Kier molecular flexibility index (Phi) is 4.05. The highest BCUT2D eigenvalue weighted by Crippen LogP contribution is 2.22. The van der Waals surface area contributed by atoms with Crippen molar-refractivity contribution in [1.29, 1.82) is 0 Å². The van der Waals surface area contributed by atoms with Gasteiger partial charge in [-0.05, 0) is 29.3 Å². The van der Waals surface area contributed by atoms with E-state index in [1.165, 1.54) is 11.8 Å². The molecule has 0 atom stereocenters. The van der Waals surface area contributed by atoms with E-state index in [0.717, 1.165) is 16.0 Å². The van der Waals surface area contributed by atoms with Gasteiger partial charge in [0.05, 0.1) is 0 Å². The molecule has 0 aliphatic rings. The predicted octanol–water partition coefficient (Wildman–Crippen LogP) is 3.62. The summed E-state index contributed by atoms with van der Waals surface area (Å²) in [7, 11) is 0. The van der Waals surface area contributed by atoms with Crippen LogP contribution in [0.15, 0.2) is 53.4 Å². The summed E-state index contributed by atoms with van der Waals surface area (Å²) in [5.74, 6) is 0.319. The maximum Gasteiger partial charge on any atom is 0.190 e. The van der Waals surface area contributed by atoms with Gasteiger partial charge in [0, 0.05) is 18.2 Å². The van der Waals surface area contributed by atoms with Crippen molar-refractivity contribution in [3.05, 3.63) is 59.7 Å². The number of para-hydroxylation sites is 1. The van der Waals surface area contributed by atoms with Gasteiger partial charge in [-0.1, -0.05) is 42.1 Å². The fourth-order valence-corrected chi connectivity index (χ4v) is 2.33. The summed E-state index contributed by atoms with van der Waals surface area (Å²) in [6.07, 6.45) is 0.692. The Morgan fingerprint density at radius 3 is 2.39 bits per heavy atom. The van der Waals surface area contributed by atoms with Crippen LogP contribution >= 0.6 is 11.8 Å². The van der Waals surface area contributed by atoms with Gasteiger partial charge >= 0.3 is 0 Å². The molecule has 0 spiro atoms. The van der Waals surface area contributed by atoms with Crippen molar-refractivity contribution in [1.82, 2.24) is 0 Å². The van der Waals surface area contributed by atoms with Crippen LogP contribution in [-0.4, -0.2) is 10.2 Å². The molecule has 0 fully saturated rings. The minimum absolute atomic E-state index is 0.0865. The first-order valence-corrected chi connectivity index (χ1v) is 6.51. The topological polar surface area (TPSA) is 37.3 Å². The maximum absolute atomic E-state index is 11.0. The summed E-state index contributed by atoms with van der Waals surface area (Å²) in [6, 6.07) is 15.2. The molecule has 0 aromatic heterocycles. The van der Waals surface area contributed by atoms with Gasteiger partial charge in [-0.3, -0.25) is 4.79 Å². The van der Waals surface area contributed by atoms with Crippen molar-refractivity contribution in [2.75, 3.05) is 0 Å². The second kappa shape index (κ2) is 5.74. The van der Waals surface area contributed by atoms with Crippen LogP contribution in [0.5, 0.6) is 5.75 Å². The molecule has 1 N–H and O–H groups in total. The Morgan fingerprint density at radius 2 is 1.78 bits per heavy atom. The van der Waals surface area contributed by atoms with E-state index in [1.807, 2.05) is 42.5 Å². The maximum atomic E-state index is 11.0. The summed E-state index contributed by atoms with van der Waals surface area (Å²) < 4.78 is 0. The molecule has 92 valence electrons. The number of rotatable bonds is 3. The highest BCUT2D eigenvalue weighted by atomic mass is 32.2. The molecule has 0 aliphatic heterocycles. The fraction of sp³-hybridized carbons (Fsp3) is 0.133. The smallest absolute Gasteiger partial charge is 0.190 e. The quantitative estimate of drug-likeness (QED) is 0.854. The van der Waals surface area contributed by atoms with E-state index in [4.69, 9.17) is 0 Å². The van der Waals surface area contributed by atoms with Crippen LogP contribution in [0.4, 0.5) is 0 Å². The second-order valence-electron chi connectivity index (χ2n) is 4.04. The molecule has 0 saturated heterocycles. The minimum atomic E-state index is 0.0865. The second-order valence-corrected chi connectivity index (χ2v) is 5.29. The van der Waals surface area contributed by atoms with E-state index in [2.05, 4.69) is 0 Å². The van der Waals surface area contributed by atoms with Crippen LogP contribution < -0.4 is 0 Å². The lowest BCUT2D eigenvalue weighted by Gasteiger charge is -2.05. The fourth-order valence-electron chi connectivity index (χ4n) is 1.72. The number of thioether (sulfide) groups is 1. The lowest BCUT2D eigenvalue weighted by atomic mass is 10.0. The zero-order chi connectivity index (χ0) is 13.0. The van der Waals surface area contributed by atoms with Crippen molar-refractivity contribution in [3.8, 4) is 5.75 Å². The van der Waals surface area contributed by atoms with Gasteiger partial charge in [0.15, 0.2) is 5.12 Å². The molecular weight excluding hydrogens is 244 g/mol. The molecule has 0 unspecified atom stereocenters. The van der Waals surface area contributed by atoms with Gasteiger partial charge in [-0.25, -0.2) is 0 Å². The molecule has 2 nitrogen and oxygen atoms in total.